The first kappa shape index (κ1) is 37.5. The molecular formula is C38H48N4O6. The molecule has 0 bridgehead atoms. The lowest BCUT2D eigenvalue weighted by Crippen LogP contribution is -2.52. The number of ether oxygens (including phenoxy) is 1. The van der Waals surface area contributed by atoms with Crippen LogP contribution in [0.15, 0.2) is 91.1 Å². The minimum Gasteiger partial charge on any atom is -0.447 e. The van der Waals surface area contributed by atoms with Crippen molar-refractivity contribution in [2.24, 2.45) is 0 Å². The lowest BCUT2D eigenvalue weighted by Gasteiger charge is -2.29. The molecule has 1 atom stereocenters. The summed E-state index contributed by atoms with van der Waals surface area (Å²) in [6.45, 7) is 2.42. The molecule has 1 unspecified atom stereocenters. The van der Waals surface area contributed by atoms with E-state index in [1.807, 2.05) is 12.2 Å². The van der Waals surface area contributed by atoms with E-state index in [-0.39, 0.29) is 50.3 Å². The maximum absolute atomic E-state index is 12.9. The van der Waals surface area contributed by atoms with Gasteiger partial charge in [-0.05, 0) is 63.5 Å². The highest BCUT2D eigenvalue weighted by Gasteiger charge is 2.40. The van der Waals surface area contributed by atoms with Crippen LogP contribution in [0.2, 0.25) is 0 Å². The Kier molecular flexibility index (Phi) is 17.0. The van der Waals surface area contributed by atoms with Crippen molar-refractivity contribution in [3.8, 4) is 0 Å². The van der Waals surface area contributed by atoms with E-state index in [0.29, 0.717) is 29.7 Å². The molecule has 1 aromatic rings. The topological polar surface area (TPSA) is 134 Å². The molecule has 1 fully saturated rings. The predicted octanol–water partition coefficient (Wildman–Crippen LogP) is 6.59. The Bertz CT molecular complexity index is 1440. The van der Waals surface area contributed by atoms with Gasteiger partial charge in [0.2, 0.25) is 17.7 Å². The number of allylic oxidation sites excluding steroid dienone is 12. The fourth-order valence-electron chi connectivity index (χ4n) is 5.13. The molecule has 2 aliphatic heterocycles. The molecule has 0 radical (unpaired) electrons. The molecule has 10 nitrogen and oxygen atoms in total. The maximum Gasteiger partial charge on any atom is 0.411 e. The van der Waals surface area contributed by atoms with Crippen LogP contribution < -0.4 is 16.0 Å². The number of carbonyl (C=O) groups excluding carboxylic acids is 5. The van der Waals surface area contributed by atoms with E-state index < -0.39 is 18.0 Å². The summed E-state index contributed by atoms with van der Waals surface area (Å²) in [5.74, 6) is -1.32. The Morgan fingerprint density at radius 3 is 2.08 bits per heavy atom. The minimum atomic E-state index is -0.745. The SMILES string of the molecule is CCC=CCC=CCC=CCC=CCC=CCC=CCCC(=O)NCCOC(=O)Nc1cccc2c1CN(C1CCC(=O)NC1=O)C2=O. The number of nitrogens with one attached hydrogen (secondary N) is 3. The molecule has 0 spiro atoms. The molecule has 3 rings (SSSR count). The smallest absolute Gasteiger partial charge is 0.411 e. The summed E-state index contributed by atoms with van der Waals surface area (Å²) in [5.41, 5.74) is 1.37. The van der Waals surface area contributed by atoms with Crippen molar-refractivity contribution in [1.82, 2.24) is 15.5 Å². The number of piperidine rings is 1. The molecule has 0 aromatic heterocycles. The number of rotatable bonds is 19. The van der Waals surface area contributed by atoms with E-state index in [1.165, 1.54) is 4.90 Å². The third kappa shape index (κ3) is 13.4. The van der Waals surface area contributed by atoms with E-state index in [2.05, 4.69) is 83.6 Å². The largest absolute Gasteiger partial charge is 0.447 e. The van der Waals surface area contributed by atoms with Gasteiger partial charge in [-0.2, -0.15) is 0 Å². The standard InChI is InChI=1S/C38H48N4O6/c1-2-3-4-5-6-7-8-9-10-11-12-13-14-15-16-17-18-19-20-24-34(43)39-27-28-48-38(47)40-32-23-21-22-30-31(32)29-42(37(30)46)33-25-26-35(44)41-36(33)45/h3-4,6-7,9-10,12-13,15-16,18-19,21-23,33H,2,5,8,11,14,17,20,24-29H2,1H3,(H,39,43)(H,40,47)(H,41,44,45). The number of anilines is 1. The zero-order valence-corrected chi connectivity index (χ0v) is 27.8. The third-order valence-corrected chi connectivity index (χ3v) is 7.61. The normalized spacial score (nSPS) is 16.7. The van der Waals surface area contributed by atoms with Crippen molar-refractivity contribution in [2.75, 3.05) is 18.5 Å². The monoisotopic (exact) mass is 656 g/mol. The van der Waals surface area contributed by atoms with Gasteiger partial charge in [-0.1, -0.05) is 85.9 Å². The summed E-state index contributed by atoms with van der Waals surface area (Å²) in [6, 6.07) is 4.18. The molecule has 0 saturated carbocycles. The molecule has 256 valence electrons. The first-order valence-electron chi connectivity index (χ1n) is 16.8. The second-order valence-electron chi connectivity index (χ2n) is 11.3. The molecule has 1 saturated heterocycles. The molecule has 2 aliphatic rings. The summed E-state index contributed by atoms with van der Waals surface area (Å²) < 4.78 is 5.20. The van der Waals surface area contributed by atoms with Crippen LogP contribution in [0.4, 0.5) is 10.5 Å². The number of hydrogen-bond acceptors (Lipinski definition) is 6. The van der Waals surface area contributed by atoms with Crippen LogP contribution in [0.3, 0.4) is 0 Å². The van der Waals surface area contributed by atoms with Gasteiger partial charge in [-0.15, -0.1) is 0 Å². The van der Waals surface area contributed by atoms with Crippen molar-refractivity contribution in [2.45, 2.75) is 83.7 Å². The lowest BCUT2D eigenvalue weighted by molar-refractivity contribution is -0.137. The number of nitrogens with zero attached hydrogens (tertiary/aromatic N) is 1. The van der Waals surface area contributed by atoms with Gasteiger partial charge in [0.25, 0.3) is 5.91 Å². The minimum absolute atomic E-state index is 0.0200. The summed E-state index contributed by atoms with van der Waals surface area (Å²) in [6.07, 6.45) is 32.0. The van der Waals surface area contributed by atoms with Crippen LogP contribution in [-0.4, -0.2) is 53.8 Å². The van der Waals surface area contributed by atoms with E-state index in [4.69, 9.17) is 4.74 Å². The van der Waals surface area contributed by atoms with E-state index >= 15 is 0 Å². The molecule has 3 N–H and O–H groups in total. The highest BCUT2D eigenvalue weighted by molar-refractivity contribution is 6.06. The zero-order chi connectivity index (χ0) is 34.4. The number of imide groups is 1. The average Bonchev–Trinajstić information content (AvgIpc) is 3.40. The van der Waals surface area contributed by atoms with Gasteiger partial charge >= 0.3 is 6.09 Å². The van der Waals surface area contributed by atoms with Crippen molar-refractivity contribution in [3.63, 3.8) is 0 Å². The van der Waals surface area contributed by atoms with Gasteiger partial charge in [0.05, 0.1) is 6.54 Å². The second-order valence-corrected chi connectivity index (χ2v) is 11.3. The van der Waals surface area contributed by atoms with Crippen molar-refractivity contribution >= 4 is 35.4 Å². The third-order valence-electron chi connectivity index (χ3n) is 7.61. The van der Waals surface area contributed by atoms with Crippen LogP contribution in [-0.2, 0) is 25.7 Å². The zero-order valence-electron chi connectivity index (χ0n) is 27.8. The Balaban J connectivity index is 1.22. The first-order chi connectivity index (χ1) is 23.4. The van der Waals surface area contributed by atoms with Gasteiger partial charge < -0.3 is 15.0 Å². The Hall–Kier alpha value is -4.99. The molecule has 1 aromatic carbocycles. The van der Waals surface area contributed by atoms with Gasteiger partial charge in [0.15, 0.2) is 0 Å². The molecule has 2 heterocycles. The van der Waals surface area contributed by atoms with Crippen LogP contribution in [0.5, 0.6) is 0 Å². The molecular weight excluding hydrogens is 608 g/mol. The molecule has 5 amide bonds. The number of amides is 5. The van der Waals surface area contributed by atoms with E-state index in [1.54, 1.807) is 18.2 Å². The van der Waals surface area contributed by atoms with Crippen molar-refractivity contribution in [3.05, 3.63) is 102 Å². The Morgan fingerprint density at radius 1 is 0.875 bits per heavy atom. The van der Waals surface area contributed by atoms with Gasteiger partial charge in [0.1, 0.15) is 12.6 Å². The Morgan fingerprint density at radius 2 is 1.48 bits per heavy atom. The maximum atomic E-state index is 12.9. The highest BCUT2D eigenvalue weighted by Crippen LogP contribution is 2.32. The number of fused-ring (bicyclic) bond motifs is 1. The number of benzene rings is 1. The van der Waals surface area contributed by atoms with Gasteiger partial charge in [-0.3, -0.25) is 29.8 Å². The Labute approximate surface area is 283 Å². The van der Waals surface area contributed by atoms with Crippen LogP contribution >= 0.6 is 0 Å². The van der Waals surface area contributed by atoms with Crippen LogP contribution in [0.1, 0.15) is 87.1 Å². The predicted molar refractivity (Wildman–Crippen MR) is 188 cm³/mol. The average molecular weight is 657 g/mol. The lowest BCUT2D eigenvalue weighted by atomic mass is 10.0. The molecule has 10 heteroatoms. The van der Waals surface area contributed by atoms with E-state index in [0.717, 1.165) is 38.5 Å². The van der Waals surface area contributed by atoms with E-state index in [9.17, 15) is 24.0 Å². The fourth-order valence-corrected chi connectivity index (χ4v) is 5.13. The summed E-state index contributed by atoms with van der Waals surface area (Å²) in [5, 5.41) is 7.66. The number of carbonyl (C=O) groups is 5. The molecule has 0 aliphatic carbocycles. The highest BCUT2D eigenvalue weighted by atomic mass is 16.5. The second kappa shape index (κ2) is 21.7. The summed E-state index contributed by atoms with van der Waals surface area (Å²) in [4.78, 5) is 62.7. The number of hydrogen-bond donors (Lipinski definition) is 3. The van der Waals surface area contributed by atoms with Gasteiger partial charge in [-0.25, -0.2) is 4.79 Å². The molecule has 48 heavy (non-hydrogen) atoms. The van der Waals surface area contributed by atoms with Crippen molar-refractivity contribution < 1.29 is 28.7 Å². The summed E-state index contributed by atoms with van der Waals surface area (Å²) in [7, 11) is 0. The van der Waals surface area contributed by atoms with Crippen LogP contribution in [0, 0.1) is 0 Å². The van der Waals surface area contributed by atoms with Crippen LogP contribution in [0.25, 0.3) is 0 Å². The summed E-state index contributed by atoms with van der Waals surface area (Å²) >= 11 is 0. The van der Waals surface area contributed by atoms with Crippen molar-refractivity contribution in [1.29, 1.82) is 0 Å². The van der Waals surface area contributed by atoms with Gasteiger partial charge in [0, 0.05) is 36.2 Å². The quantitative estimate of drug-likeness (QED) is 0.0874. The fraction of sp³-hybridized carbons (Fsp3) is 0.395. The first-order valence-corrected chi connectivity index (χ1v) is 16.8.